The van der Waals surface area contributed by atoms with Gasteiger partial charge in [0, 0.05) is 0 Å². The van der Waals surface area contributed by atoms with Crippen molar-refractivity contribution in [3.05, 3.63) is 46.8 Å². The first-order valence-corrected chi connectivity index (χ1v) is 9.36. The molecule has 0 aliphatic heterocycles. The van der Waals surface area contributed by atoms with Crippen LogP contribution < -0.4 is 10.1 Å². The molecular weight excluding hydrogens is 374 g/mol. The van der Waals surface area contributed by atoms with Crippen LogP contribution in [0.2, 0.25) is 0 Å². The molecule has 0 spiro atoms. The summed E-state index contributed by atoms with van der Waals surface area (Å²) in [6.07, 6.45) is 1.82. The molecule has 29 heavy (non-hydrogen) atoms. The topological polar surface area (TPSA) is 114 Å². The first kappa shape index (κ1) is 20.4. The van der Waals surface area contributed by atoms with Gasteiger partial charge in [0.1, 0.15) is 23.7 Å². The summed E-state index contributed by atoms with van der Waals surface area (Å²) in [5, 5.41) is 15.8. The zero-order chi connectivity index (χ0) is 21.0. The second-order valence-electron chi connectivity index (χ2n) is 7.33. The number of nitrogens with zero attached hydrogens (tertiary/aromatic N) is 2. The van der Waals surface area contributed by atoms with Gasteiger partial charge in [-0.05, 0) is 57.7 Å². The van der Waals surface area contributed by atoms with E-state index in [0.29, 0.717) is 11.5 Å². The number of benzene rings is 1. The Morgan fingerprint density at radius 2 is 2.14 bits per heavy atom. The molecule has 1 saturated carbocycles. The van der Waals surface area contributed by atoms with Crippen LogP contribution in [0.1, 0.15) is 47.1 Å². The molecule has 2 aromatic rings. The fourth-order valence-electron chi connectivity index (χ4n) is 3.00. The van der Waals surface area contributed by atoms with E-state index in [2.05, 4.69) is 16.5 Å². The number of nitriles is 1. The summed E-state index contributed by atoms with van der Waals surface area (Å²) in [4.78, 5) is 24.3. The predicted molar refractivity (Wildman–Crippen MR) is 102 cm³/mol. The molecule has 0 radical (unpaired) electrons. The summed E-state index contributed by atoms with van der Waals surface area (Å²) in [6.45, 7) is 5.12. The summed E-state index contributed by atoms with van der Waals surface area (Å²) < 4.78 is 15.9. The molecule has 1 amide bonds. The van der Waals surface area contributed by atoms with Crippen molar-refractivity contribution in [3.8, 4) is 11.8 Å². The Bertz CT molecular complexity index is 938. The van der Waals surface area contributed by atoms with E-state index >= 15 is 0 Å². The number of esters is 1. The Kier molecular flexibility index (Phi) is 5.87. The lowest BCUT2D eigenvalue weighted by molar-refractivity contribution is -0.125. The molecule has 1 aliphatic carbocycles. The molecule has 1 aromatic heterocycles. The lowest BCUT2D eigenvalue weighted by atomic mass is 9.98. The molecule has 0 saturated heterocycles. The minimum Gasteiger partial charge on any atom is -0.489 e. The SMILES string of the molecule is Cc1noc(C)c1COc1cccc(C(=O)OCC(=O)N[C@](C)(C#N)C2CC2)c1. The molecule has 0 unspecified atom stereocenters. The Hall–Kier alpha value is -3.34. The van der Waals surface area contributed by atoms with Crippen LogP contribution in [0.15, 0.2) is 28.8 Å². The standard InChI is InChI=1S/C21H23N3O5/c1-13-18(14(2)29-24-13)10-27-17-6-4-5-15(9-17)20(26)28-11-19(25)23-21(3,12-22)16-7-8-16/h4-6,9,16H,7-8,10-11H2,1-3H3,(H,23,25)/t21-/m1/s1. The van der Waals surface area contributed by atoms with Gasteiger partial charge in [0.05, 0.1) is 22.9 Å². The van der Waals surface area contributed by atoms with Crippen molar-refractivity contribution in [1.29, 1.82) is 5.26 Å². The van der Waals surface area contributed by atoms with Crippen LogP contribution in [0.25, 0.3) is 0 Å². The minimum atomic E-state index is -0.921. The van der Waals surface area contributed by atoms with Gasteiger partial charge < -0.3 is 19.3 Å². The Labute approximate surface area is 168 Å². The van der Waals surface area contributed by atoms with Crippen molar-refractivity contribution in [1.82, 2.24) is 10.5 Å². The van der Waals surface area contributed by atoms with E-state index < -0.39 is 24.0 Å². The number of aromatic nitrogens is 1. The number of amides is 1. The van der Waals surface area contributed by atoms with Crippen LogP contribution in [-0.4, -0.2) is 29.2 Å². The van der Waals surface area contributed by atoms with Gasteiger partial charge >= 0.3 is 5.97 Å². The molecular formula is C21H23N3O5. The van der Waals surface area contributed by atoms with Gasteiger partial charge in [-0.1, -0.05) is 11.2 Å². The first-order valence-electron chi connectivity index (χ1n) is 9.36. The van der Waals surface area contributed by atoms with E-state index in [-0.39, 0.29) is 18.1 Å². The molecule has 1 heterocycles. The van der Waals surface area contributed by atoms with E-state index in [1.54, 1.807) is 38.1 Å². The highest BCUT2D eigenvalue weighted by Gasteiger charge is 2.43. The van der Waals surface area contributed by atoms with Crippen molar-refractivity contribution < 1.29 is 23.6 Å². The number of hydrogen-bond acceptors (Lipinski definition) is 7. The van der Waals surface area contributed by atoms with Crippen molar-refractivity contribution in [2.24, 2.45) is 5.92 Å². The maximum atomic E-state index is 12.3. The summed E-state index contributed by atoms with van der Waals surface area (Å²) in [5.41, 5.74) is 0.944. The molecule has 1 aromatic carbocycles. The summed E-state index contributed by atoms with van der Waals surface area (Å²) in [7, 11) is 0. The maximum Gasteiger partial charge on any atom is 0.338 e. The van der Waals surface area contributed by atoms with Gasteiger partial charge in [-0.25, -0.2) is 4.79 Å². The Morgan fingerprint density at radius 1 is 1.38 bits per heavy atom. The molecule has 8 nitrogen and oxygen atoms in total. The fourth-order valence-corrected chi connectivity index (χ4v) is 3.00. The van der Waals surface area contributed by atoms with Gasteiger partial charge in [0.25, 0.3) is 5.91 Å². The first-order chi connectivity index (χ1) is 13.8. The summed E-state index contributed by atoms with van der Waals surface area (Å²) >= 11 is 0. The van der Waals surface area contributed by atoms with Gasteiger partial charge in [-0.3, -0.25) is 4.79 Å². The number of carbonyl (C=O) groups excluding carboxylic acids is 2. The number of hydrogen-bond donors (Lipinski definition) is 1. The quantitative estimate of drug-likeness (QED) is 0.681. The Morgan fingerprint density at radius 3 is 2.76 bits per heavy atom. The number of ether oxygens (including phenoxy) is 2. The van der Waals surface area contributed by atoms with Crippen LogP contribution >= 0.6 is 0 Å². The lowest BCUT2D eigenvalue weighted by Gasteiger charge is -2.22. The highest BCUT2D eigenvalue weighted by molar-refractivity contribution is 5.91. The predicted octanol–water partition coefficient (Wildman–Crippen LogP) is 2.84. The monoisotopic (exact) mass is 397 g/mol. The molecule has 1 fully saturated rings. The van der Waals surface area contributed by atoms with Crippen molar-refractivity contribution in [3.63, 3.8) is 0 Å². The number of aryl methyl sites for hydroxylation is 2. The van der Waals surface area contributed by atoms with Crippen LogP contribution in [0.5, 0.6) is 5.75 Å². The number of rotatable bonds is 8. The van der Waals surface area contributed by atoms with E-state index in [1.807, 2.05) is 6.92 Å². The zero-order valence-corrected chi connectivity index (χ0v) is 16.7. The molecule has 1 aliphatic rings. The van der Waals surface area contributed by atoms with Crippen LogP contribution in [-0.2, 0) is 16.1 Å². The maximum absolute atomic E-state index is 12.3. The van der Waals surface area contributed by atoms with Crippen molar-refractivity contribution in [2.45, 2.75) is 45.8 Å². The van der Waals surface area contributed by atoms with Crippen molar-refractivity contribution in [2.75, 3.05) is 6.61 Å². The molecule has 1 N–H and O–H groups in total. The molecule has 152 valence electrons. The van der Waals surface area contributed by atoms with Crippen LogP contribution in [0.3, 0.4) is 0 Å². The fraction of sp³-hybridized carbons (Fsp3) is 0.429. The van der Waals surface area contributed by atoms with Gasteiger partial charge in [0.15, 0.2) is 6.61 Å². The highest BCUT2D eigenvalue weighted by atomic mass is 16.5. The number of carbonyl (C=O) groups is 2. The second kappa shape index (κ2) is 8.35. The average molecular weight is 397 g/mol. The zero-order valence-electron chi connectivity index (χ0n) is 16.7. The Balaban J connectivity index is 1.54. The van der Waals surface area contributed by atoms with E-state index in [9.17, 15) is 14.9 Å². The van der Waals surface area contributed by atoms with Gasteiger partial charge in [0.2, 0.25) is 0 Å². The van der Waals surface area contributed by atoms with E-state index in [4.69, 9.17) is 14.0 Å². The lowest BCUT2D eigenvalue weighted by Crippen LogP contribution is -2.48. The van der Waals surface area contributed by atoms with Gasteiger partial charge in [-0.2, -0.15) is 5.26 Å². The average Bonchev–Trinajstić information content (AvgIpc) is 3.52. The number of nitrogens with one attached hydrogen (secondary N) is 1. The minimum absolute atomic E-state index is 0.152. The summed E-state index contributed by atoms with van der Waals surface area (Å²) in [6, 6.07) is 8.63. The highest BCUT2D eigenvalue weighted by Crippen LogP contribution is 2.39. The van der Waals surface area contributed by atoms with Crippen molar-refractivity contribution >= 4 is 11.9 Å². The second-order valence-corrected chi connectivity index (χ2v) is 7.33. The normalized spacial score (nSPS) is 15.1. The van der Waals surface area contributed by atoms with E-state index in [0.717, 1.165) is 24.1 Å². The molecule has 0 bridgehead atoms. The molecule has 3 rings (SSSR count). The summed E-state index contributed by atoms with van der Waals surface area (Å²) in [5.74, 6) is 0.168. The third-order valence-electron chi connectivity index (χ3n) is 4.99. The van der Waals surface area contributed by atoms with E-state index in [1.165, 1.54) is 0 Å². The third-order valence-corrected chi connectivity index (χ3v) is 4.99. The van der Waals surface area contributed by atoms with Crippen LogP contribution in [0.4, 0.5) is 0 Å². The van der Waals surface area contributed by atoms with Gasteiger partial charge in [-0.15, -0.1) is 0 Å². The molecule has 8 heteroatoms. The smallest absolute Gasteiger partial charge is 0.338 e. The third kappa shape index (κ3) is 4.93. The van der Waals surface area contributed by atoms with Crippen LogP contribution in [0, 0.1) is 31.1 Å². The largest absolute Gasteiger partial charge is 0.489 e. The molecule has 1 atom stereocenters.